The second-order valence-electron chi connectivity index (χ2n) is 5.55. The number of methoxy groups -OCH3 is 1. The maximum absolute atomic E-state index is 12.1. The minimum Gasteiger partial charge on any atom is -0.372 e. The molecule has 1 radical (unpaired) electrons. The van der Waals surface area contributed by atoms with E-state index in [2.05, 4.69) is 22.9 Å². The Morgan fingerprint density at radius 1 is 1.43 bits per heavy atom. The van der Waals surface area contributed by atoms with Crippen LogP contribution in [0.1, 0.15) is 25.8 Å². The molecule has 0 spiro atoms. The molecule has 0 bridgehead atoms. The molecule has 1 aromatic rings. The van der Waals surface area contributed by atoms with Crippen molar-refractivity contribution in [3.63, 3.8) is 0 Å². The van der Waals surface area contributed by atoms with Crippen molar-refractivity contribution in [2.45, 2.75) is 32.8 Å². The predicted octanol–water partition coefficient (Wildman–Crippen LogP) is 2.39. The topological polar surface area (TPSA) is 42.4 Å². The molecule has 1 atom stereocenters. The number of rotatable bonds is 10. The van der Waals surface area contributed by atoms with E-state index in [9.17, 15) is 4.79 Å². The van der Waals surface area contributed by atoms with Crippen LogP contribution in [0.4, 0.5) is 0 Å². The second kappa shape index (κ2) is 9.64. The van der Waals surface area contributed by atoms with Crippen LogP contribution in [0.25, 0.3) is 0 Å². The van der Waals surface area contributed by atoms with E-state index in [1.807, 2.05) is 26.1 Å². The van der Waals surface area contributed by atoms with E-state index < -0.39 is 0 Å². The zero-order valence-corrected chi connectivity index (χ0v) is 13.4. The fourth-order valence-corrected chi connectivity index (χ4v) is 2.24. The van der Waals surface area contributed by atoms with Gasteiger partial charge >= 0.3 is 0 Å². The number of carbonyl (C=O) groups is 1. The standard InChI is InChI=1S/C17H27N2O2/c1-5-10-19(11-8-15-7-6-9-18-12-15)13-16(21-4)17(20)14(2)3/h6-7,9,12,14,16H,1,5,8,10-11,13H2,2-4H3. The molecular weight excluding hydrogens is 264 g/mol. The minimum atomic E-state index is -0.356. The highest BCUT2D eigenvalue weighted by atomic mass is 16.5. The Balaban J connectivity index is 2.57. The third-order valence-electron chi connectivity index (χ3n) is 3.51. The van der Waals surface area contributed by atoms with Crippen LogP contribution in [-0.4, -0.2) is 48.5 Å². The van der Waals surface area contributed by atoms with Crippen molar-refractivity contribution in [3.8, 4) is 0 Å². The number of aromatic nitrogens is 1. The minimum absolute atomic E-state index is 0.00475. The predicted molar refractivity (Wildman–Crippen MR) is 85.0 cm³/mol. The first-order chi connectivity index (χ1) is 10.1. The van der Waals surface area contributed by atoms with Crippen LogP contribution in [-0.2, 0) is 16.0 Å². The fraction of sp³-hybridized carbons (Fsp3) is 0.588. The molecule has 1 rings (SSSR count). The van der Waals surface area contributed by atoms with E-state index in [-0.39, 0.29) is 17.8 Å². The molecule has 4 nitrogen and oxygen atoms in total. The van der Waals surface area contributed by atoms with Crippen LogP contribution in [0.15, 0.2) is 24.5 Å². The summed E-state index contributed by atoms with van der Waals surface area (Å²) in [6, 6.07) is 4.02. The number of nitrogens with zero attached hydrogens (tertiary/aromatic N) is 2. The molecule has 0 saturated heterocycles. The number of pyridine rings is 1. The summed E-state index contributed by atoms with van der Waals surface area (Å²) in [6.07, 6.45) is 5.04. The first kappa shape index (κ1) is 17.8. The van der Waals surface area contributed by atoms with Crippen LogP contribution in [0.3, 0.4) is 0 Å². The summed E-state index contributed by atoms with van der Waals surface area (Å²) in [5.41, 5.74) is 1.20. The molecule has 1 aromatic heterocycles. The summed E-state index contributed by atoms with van der Waals surface area (Å²) >= 11 is 0. The van der Waals surface area contributed by atoms with Gasteiger partial charge in [0.1, 0.15) is 6.10 Å². The Kier molecular flexibility index (Phi) is 8.16. The van der Waals surface area contributed by atoms with Crippen LogP contribution < -0.4 is 0 Å². The molecule has 21 heavy (non-hydrogen) atoms. The molecular formula is C17H27N2O2. The maximum atomic E-state index is 12.1. The number of carbonyl (C=O) groups excluding carboxylic acids is 1. The van der Waals surface area contributed by atoms with Crippen molar-refractivity contribution >= 4 is 5.78 Å². The van der Waals surface area contributed by atoms with Crippen molar-refractivity contribution in [1.29, 1.82) is 0 Å². The van der Waals surface area contributed by atoms with Crippen molar-refractivity contribution in [2.75, 3.05) is 26.7 Å². The summed E-state index contributed by atoms with van der Waals surface area (Å²) in [7, 11) is 1.61. The Labute approximate surface area is 128 Å². The summed E-state index contributed by atoms with van der Waals surface area (Å²) in [5, 5.41) is 0. The highest BCUT2D eigenvalue weighted by Crippen LogP contribution is 2.07. The van der Waals surface area contributed by atoms with E-state index in [1.54, 1.807) is 13.3 Å². The Morgan fingerprint density at radius 3 is 2.71 bits per heavy atom. The molecule has 0 N–H and O–H groups in total. The zero-order valence-electron chi connectivity index (χ0n) is 13.4. The molecule has 0 fully saturated rings. The number of ether oxygens (including phenoxy) is 1. The molecule has 0 aromatic carbocycles. The number of ketones is 1. The van der Waals surface area contributed by atoms with Gasteiger partial charge in [-0.3, -0.25) is 14.7 Å². The molecule has 0 aliphatic heterocycles. The molecule has 0 aliphatic rings. The highest BCUT2D eigenvalue weighted by Gasteiger charge is 2.23. The third-order valence-corrected chi connectivity index (χ3v) is 3.51. The van der Waals surface area contributed by atoms with Gasteiger partial charge in [0.05, 0.1) is 0 Å². The van der Waals surface area contributed by atoms with Crippen LogP contribution >= 0.6 is 0 Å². The average molecular weight is 291 g/mol. The summed E-state index contributed by atoms with van der Waals surface area (Å²) < 4.78 is 5.38. The third kappa shape index (κ3) is 6.36. The Hall–Kier alpha value is -1.26. The van der Waals surface area contributed by atoms with Crippen molar-refractivity contribution in [2.24, 2.45) is 5.92 Å². The quantitative estimate of drug-likeness (QED) is 0.664. The monoisotopic (exact) mass is 291 g/mol. The first-order valence-corrected chi connectivity index (χ1v) is 7.55. The van der Waals surface area contributed by atoms with Gasteiger partial charge in [0, 0.05) is 38.5 Å². The Bertz CT molecular complexity index is 407. The molecule has 0 saturated carbocycles. The highest BCUT2D eigenvalue weighted by molar-refractivity contribution is 5.85. The lowest BCUT2D eigenvalue weighted by Crippen LogP contribution is -2.41. The first-order valence-electron chi connectivity index (χ1n) is 7.55. The normalized spacial score (nSPS) is 12.9. The second-order valence-corrected chi connectivity index (χ2v) is 5.55. The maximum Gasteiger partial charge on any atom is 0.165 e. The van der Waals surface area contributed by atoms with Crippen LogP contribution in [0.5, 0.6) is 0 Å². The van der Waals surface area contributed by atoms with Crippen LogP contribution in [0.2, 0.25) is 0 Å². The molecule has 117 valence electrons. The van der Waals surface area contributed by atoms with Gasteiger partial charge in [-0.2, -0.15) is 0 Å². The lowest BCUT2D eigenvalue weighted by atomic mass is 10.0. The van der Waals surface area contributed by atoms with E-state index in [0.29, 0.717) is 6.54 Å². The summed E-state index contributed by atoms with van der Waals surface area (Å²) in [5.74, 6) is 0.155. The molecule has 1 heterocycles. The Morgan fingerprint density at radius 2 is 2.19 bits per heavy atom. The summed E-state index contributed by atoms with van der Waals surface area (Å²) in [6.45, 7) is 10.1. The molecule has 0 aliphatic carbocycles. The van der Waals surface area contributed by atoms with Gasteiger partial charge in [0.25, 0.3) is 0 Å². The van der Waals surface area contributed by atoms with Crippen molar-refractivity contribution < 1.29 is 9.53 Å². The van der Waals surface area contributed by atoms with Gasteiger partial charge in [0.2, 0.25) is 0 Å². The SMILES string of the molecule is [CH2]CCN(CCc1cccnc1)CC(OC)C(=O)C(C)C. The van der Waals surface area contributed by atoms with Crippen molar-refractivity contribution in [1.82, 2.24) is 9.88 Å². The lowest BCUT2D eigenvalue weighted by Gasteiger charge is -2.26. The lowest BCUT2D eigenvalue weighted by molar-refractivity contribution is -0.133. The van der Waals surface area contributed by atoms with Crippen LogP contribution in [0, 0.1) is 12.8 Å². The zero-order chi connectivity index (χ0) is 15.7. The number of hydrogen-bond acceptors (Lipinski definition) is 4. The van der Waals surface area contributed by atoms with E-state index in [1.165, 1.54) is 5.56 Å². The van der Waals surface area contributed by atoms with Gasteiger partial charge < -0.3 is 4.74 Å². The van der Waals surface area contributed by atoms with Gasteiger partial charge in [-0.15, -0.1) is 0 Å². The van der Waals surface area contributed by atoms with Gasteiger partial charge in [-0.1, -0.05) is 26.8 Å². The van der Waals surface area contributed by atoms with E-state index in [0.717, 1.165) is 25.9 Å². The smallest absolute Gasteiger partial charge is 0.165 e. The van der Waals surface area contributed by atoms with Gasteiger partial charge in [-0.05, 0) is 31.0 Å². The molecule has 0 amide bonds. The summed E-state index contributed by atoms with van der Waals surface area (Å²) in [4.78, 5) is 18.5. The largest absolute Gasteiger partial charge is 0.372 e. The average Bonchev–Trinajstić information content (AvgIpc) is 2.50. The van der Waals surface area contributed by atoms with E-state index >= 15 is 0 Å². The number of hydrogen-bond donors (Lipinski definition) is 0. The number of Topliss-reactive ketones (excluding diaryl/α,β-unsaturated/α-hetero) is 1. The van der Waals surface area contributed by atoms with Gasteiger partial charge in [0.15, 0.2) is 5.78 Å². The van der Waals surface area contributed by atoms with Gasteiger partial charge in [-0.25, -0.2) is 0 Å². The van der Waals surface area contributed by atoms with E-state index in [4.69, 9.17) is 4.74 Å². The van der Waals surface area contributed by atoms with Crippen molar-refractivity contribution in [3.05, 3.63) is 37.0 Å². The molecule has 1 unspecified atom stereocenters. The fourth-order valence-electron chi connectivity index (χ4n) is 2.24. The molecule has 4 heteroatoms.